The van der Waals surface area contributed by atoms with E-state index in [4.69, 9.17) is 4.74 Å². The van der Waals surface area contributed by atoms with E-state index in [0.717, 1.165) is 18.4 Å². The van der Waals surface area contributed by atoms with Gasteiger partial charge in [-0.25, -0.2) is 0 Å². The van der Waals surface area contributed by atoms with Crippen LogP contribution in [0.3, 0.4) is 0 Å². The number of hydrogen-bond acceptors (Lipinski definition) is 5. The number of fused-ring (bicyclic) bond motifs is 2. The van der Waals surface area contributed by atoms with Gasteiger partial charge in [-0.15, -0.1) is 0 Å². The molecule has 1 heterocycles. The van der Waals surface area contributed by atoms with E-state index in [-0.39, 0.29) is 23.2 Å². The first kappa shape index (κ1) is 16.3. The van der Waals surface area contributed by atoms with Gasteiger partial charge in [-0.1, -0.05) is 13.5 Å². The molecule has 1 saturated heterocycles. The summed E-state index contributed by atoms with van der Waals surface area (Å²) in [6.45, 7) is 8.15. The minimum atomic E-state index is -0.941. The molecule has 4 aliphatic carbocycles. The van der Waals surface area contributed by atoms with E-state index < -0.39 is 34.7 Å². The summed E-state index contributed by atoms with van der Waals surface area (Å²) >= 11 is 0. The largest absolute Gasteiger partial charge is 0.459 e. The lowest BCUT2D eigenvalue weighted by molar-refractivity contribution is -0.239. The smallest absolute Gasteiger partial charge is 0.315 e. The second-order valence-electron chi connectivity index (χ2n) is 9.95. The van der Waals surface area contributed by atoms with Crippen molar-refractivity contribution in [1.82, 2.24) is 0 Å². The highest BCUT2D eigenvalue weighted by atomic mass is 16.6. The fraction of sp³-hybridized carbons (Fsp3) is 0.850. The van der Waals surface area contributed by atoms with Crippen LogP contribution >= 0.6 is 0 Å². The molecule has 1 spiro atoms. The molecule has 5 nitrogen and oxygen atoms in total. The van der Waals surface area contributed by atoms with E-state index in [1.807, 2.05) is 6.92 Å². The van der Waals surface area contributed by atoms with Crippen molar-refractivity contribution in [3.05, 3.63) is 12.2 Å². The minimum absolute atomic E-state index is 0.179. The van der Waals surface area contributed by atoms with Crippen molar-refractivity contribution in [1.29, 1.82) is 0 Å². The van der Waals surface area contributed by atoms with Gasteiger partial charge in [0.25, 0.3) is 0 Å². The third kappa shape index (κ3) is 1.52. The SMILES string of the molecule is C=C1C[C@]23C[C@@]1(O)CC[C@H]2[C@]1(C)CC[C@H](O)[C@@]2(C)C(=O)O[C@@H]([C@@H]3O)[C@@H]12. The van der Waals surface area contributed by atoms with Gasteiger partial charge in [-0.3, -0.25) is 4.79 Å². The maximum absolute atomic E-state index is 12.7. The second-order valence-corrected chi connectivity index (χ2v) is 9.95. The molecule has 0 aromatic rings. The van der Waals surface area contributed by atoms with Gasteiger partial charge in [-0.05, 0) is 62.4 Å². The predicted molar refractivity (Wildman–Crippen MR) is 89.3 cm³/mol. The van der Waals surface area contributed by atoms with Crippen molar-refractivity contribution in [2.24, 2.45) is 28.1 Å². The maximum Gasteiger partial charge on any atom is 0.315 e. The highest BCUT2D eigenvalue weighted by Crippen LogP contribution is 2.74. The van der Waals surface area contributed by atoms with Crippen LogP contribution in [0.15, 0.2) is 12.2 Å². The molecule has 5 aliphatic rings. The molecule has 2 bridgehead atoms. The van der Waals surface area contributed by atoms with Crippen LogP contribution in [0.25, 0.3) is 0 Å². The number of carbonyl (C=O) groups excluding carboxylic acids is 1. The van der Waals surface area contributed by atoms with Crippen molar-refractivity contribution in [3.63, 3.8) is 0 Å². The Morgan fingerprint density at radius 1 is 1.20 bits per heavy atom. The lowest BCUT2D eigenvalue weighted by Crippen LogP contribution is -2.68. The Labute approximate surface area is 148 Å². The van der Waals surface area contributed by atoms with Gasteiger partial charge in [0.15, 0.2) is 0 Å². The first-order chi connectivity index (χ1) is 11.6. The second kappa shape index (κ2) is 4.32. The molecule has 4 saturated carbocycles. The van der Waals surface area contributed by atoms with E-state index >= 15 is 0 Å². The Bertz CT molecular complexity index is 690. The Kier molecular flexibility index (Phi) is 2.81. The normalized spacial score (nSPS) is 62.4. The predicted octanol–water partition coefficient (Wildman–Crippen LogP) is 1.55. The molecule has 138 valence electrons. The zero-order chi connectivity index (χ0) is 18.0. The Morgan fingerprint density at radius 2 is 1.92 bits per heavy atom. The number of aliphatic hydroxyl groups excluding tert-OH is 2. The fourth-order valence-corrected chi connectivity index (χ4v) is 7.94. The number of hydrogen-bond donors (Lipinski definition) is 3. The van der Waals surface area contributed by atoms with Crippen LogP contribution in [0.4, 0.5) is 0 Å². The molecule has 25 heavy (non-hydrogen) atoms. The molecule has 0 radical (unpaired) electrons. The first-order valence-electron chi connectivity index (χ1n) is 9.57. The van der Waals surface area contributed by atoms with E-state index in [1.54, 1.807) is 0 Å². The van der Waals surface area contributed by atoms with Crippen LogP contribution in [0, 0.1) is 28.1 Å². The average molecular weight is 348 g/mol. The molecule has 0 aromatic heterocycles. The van der Waals surface area contributed by atoms with Gasteiger partial charge in [0.1, 0.15) is 6.10 Å². The molecule has 9 atom stereocenters. The maximum atomic E-state index is 12.7. The van der Waals surface area contributed by atoms with Gasteiger partial charge in [0.05, 0.1) is 23.2 Å². The van der Waals surface area contributed by atoms with Gasteiger partial charge in [0.2, 0.25) is 0 Å². The van der Waals surface area contributed by atoms with Crippen molar-refractivity contribution in [2.45, 2.75) is 76.3 Å². The fourth-order valence-electron chi connectivity index (χ4n) is 7.94. The van der Waals surface area contributed by atoms with Crippen molar-refractivity contribution in [3.8, 4) is 0 Å². The first-order valence-corrected chi connectivity index (χ1v) is 9.57. The van der Waals surface area contributed by atoms with Crippen LogP contribution in [0.2, 0.25) is 0 Å². The summed E-state index contributed by atoms with van der Waals surface area (Å²) in [5, 5.41) is 33.0. The summed E-state index contributed by atoms with van der Waals surface area (Å²) in [7, 11) is 0. The highest BCUT2D eigenvalue weighted by molar-refractivity contribution is 5.81. The minimum Gasteiger partial charge on any atom is -0.459 e. The molecule has 0 aromatic carbocycles. The third-order valence-corrected chi connectivity index (χ3v) is 9.08. The van der Waals surface area contributed by atoms with E-state index in [2.05, 4.69) is 13.5 Å². The Morgan fingerprint density at radius 3 is 2.64 bits per heavy atom. The van der Waals surface area contributed by atoms with Crippen molar-refractivity contribution in [2.75, 3.05) is 0 Å². The highest BCUT2D eigenvalue weighted by Gasteiger charge is 2.77. The summed E-state index contributed by atoms with van der Waals surface area (Å²) in [6, 6.07) is 0. The third-order valence-electron chi connectivity index (χ3n) is 9.08. The number of ether oxygens (including phenoxy) is 1. The molecule has 5 rings (SSSR count). The van der Waals surface area contributed by atoms with E-state index in [0.29, 0.717) is 25.7 Å². The number of esters is 1. The van der Waals surface area contributed by atoms with E-state index in [1.165, 1.54) is 0 Å². The number of carbonyl (C=O) groups is 1. The quantitative estimate of drug-likeness (QED) is 0.457. The molecular weight excluding hydrogens is 320 g/mol. The van der Waals surface area contributed by atoms with E-state index in [9.17, 15) is 20.1 Å². The van der Waals surface area contributed by atoms with Gasteiger partial charge >= 0.3 is 5.97 Å². The molecule has 0 unspecified atom stereocenters. The lowest BCUT2D eigenvalue weighted by atomic mass is 9.39. The number of rotatable bonds is 0. The molecule has 5 fully saturated rings. The van der Waals surface area contributed by atoms with Crippen molar-refractivity contribution >= 4 is 5.97 Å². The van der Waals surface area contributed by atoms with Crippen molar-refractivity contribution < 1.29 is 24.9 Å². The van der Waals surface area contributed by atoms with Crippen LogP contribution in [0.5, 0.6) is 0 Å². The summed E-state index contributed by atoms with van der Waals surface area (Å²) in [6.07, 6.45) is 1.90. The summed E-state index contributed by atoms with van der Waals surface area (Å²) in [5.74, 6) is -0.346. The van der Waals surface area contributed by atoms with Crippen LogP contribution in [-0.2, 0) is 9.53 Å². The van der Waals surface area contributed by atoms with Gasteiger partial charge in [0, 0.05) is 11.3 Å². The lowest BCUT2D eigenvalue weighted by Gasteiger charge is -2.64. The number of aliphatic hydroxyl groups is 3. The van der Waals surface area contributed by atoms with Crippen LogP contribution in [0.1, 0.15) is 52.4 Å². The van der Waals surface area contributed by atoms with Crippen LogP contribution < -0.4 is 0 Å². The molecule has 0 amide bonds. The monoisotopic (exact) mass is 348 g/mol. The molecule has 1 aliphatic heterocycles. The summed E-state index contributed by atoms with van der Waals surface area (Å²) in [4.78, 5) is 12.7. The average Bonchev–Trinajstić information content (AvgIpc) is 2.93. The molecule has 3 N–H and O–H groups in total. The van der Waals surface area contributed by atoms with Gasteiger partial charge in [-0.2, -0.15) is 0 Å². The standard InChI is InChI=1S/C20H28O5/c1-10-8-19-9-20(10,24)7-4-11(19)17(2)6-5-12(21)18(3)14(17)13(15(19)22)25-16(18)23/h11-15,21-22,24H,1,4-9H2,2-3H3/t11-,12-,13+,14-,15-,17-,18+,19-,20-/m0/s1. The molecule has 5 heteroatoms. The topological polar surface area (TPSA) is 87.0 Å². The van der Waals surface area contributed by atoms with Crippen LogP contribution in [-0.4, -0.2) is 45.2 Å². The van der Waals surface area contributed by atoms with Gasteiger partial charge < -0.3 is 20.1 Å². The molecular formula is C20H28O5. The Balaban J connectivity index is 1.70. The Hall–Kier alpha value is -0.910. The summed E-state index contributed by atoms with van der Waals surface area (Å²) < 4.78 is 5.73. The zero-order valence-electron chi connectivity index (χ0n) is 15.0. The summed E-state index contributed by atoms with van der Waals surface area (Å²) in [5.41, 5.74) is -1.66. The zero-order valence-corrected chi connectivity index (χ0v) is 15.0.